The lowest BCUT2D eigenvalue weighted by Gasteiger charge is -2.38. The van der Waals surface area contributed by atoms with Crippen LogP contribution in [0.1, 0.15) is 5.56 Å². The van der Waals surface area contributed by atoms with E-state index in [2.05, 4.69) is 10.4 Å². The van der Waals surface area contributed by atoms with Gasteiger partial charge in [0.25, 0.3) is 5.66 Å². The normalized spacial score (nSPS) is 14.1. The molecule has 0 aliphatic heterocycles. The lowest BCUT2D eigenvalue weighted by atomic mass is 9.98. The Morgan fingerprint density at radius 1 is 0.880 bits per heavy atom. The summed E-state index contributed by atoms with van der Waals surface area (Å²) in [4.78, 5) is 0. The minimum Gasteiger partial charge on any atom is -0.350 e. The Hall–Kier alpha value is -2.18. The lowest BCUT2D eigenvalue weighted by Crippen LogP contribution is -2.55. The van der Waals surface area contributed by atoms with Crippen LogP contribution in [-0.4, -0.2) is 16.0 Å². The van der Waals surface area contributed by atoms with Crippen molar-refractivity contribution in [2.45, 2.75) is 11.8 Å². The summed E-state index contributed by atoms with van der Waals surface area (Å²) in [5.41, 5.74) is -2.44. The van der Waals surface area contributed by atoms with Crippen molar-refractivity contribution in [1.29, 1.82) is 0 Å². The van der Waals surface area contributed by atoms with Crippen LogP contribution in [0.3, 0.4) is 0 Å². The molecule has 1 unspecified atom stereocenters. The third-order valence-corrected chi connectivity index (χ3v) is 4.11. The van der Waals surface area contributed by atoms with E-state index < -0.39 is 11.8 Å². The molecule has 3 nitrogen and oxygen atoms in total. The van der Waals surface area contributed by atoms with Crippen molar-refractivity contribution in [3.63, 3.8) is 0 Å². The number of aromatic nitrogens is 2. The molecule has 8 heteroatoms. The van der Waals surface area contributed by atoms with Crippen LogP contribution in [-0.2, 0) is 5.66 Å². The monoisotopic (exact) mass is 385 g/mol. The second kappa shape index (κ2) is 6.61. The van der Waals surface area contributed by atoms with Crippen molar-refractivity contribution in [2.24, 2.45) is 0 Å². The third kappa shape index (κ3) is 3.32. The van der Waals surface area contributed by atoms with Gasteiger partial charge >= 0.3 is 6.18 Å². The van der Waals surface area contributed by atoms with Crippen LogP contribution in [0.5, 0.6) is 0 Å². The number of alkyl halides is 3. The van der Waals surface area contributed by atoms with Gasteiger partial charge in [-0.05, 0) is 24.3 Å². The fraction of sp³-hybridized carbons (Fsp3) is 0.118. The van der Waals surface area contributed by atoms with Crippen LogP contribution in [0.4, 0.5) is 18.9 Å². The minimum absolute atomic E-state index is 0.0759. The van der Waals surface area contributed by atoms with Gasteiger partial charge in [-0.15, -0.1) is 0 Å². The van der Waals surface area contributed by atoms with E-state index in [1.54, 1.807) is 30.3 Å². The summed E-state index contributed by atoms with van der Waals surface area (Å²) in [6.45, 7) is 0. The van der Waals surface area contributed by atoms with Gasteiger partial charge in [0.05, 0.1) is 11.2 Å². The predicted molar refractivity (Wildman–Crippen MR) is 91.9 cm³/mol. The van der Waals surface area contributed by atoms with Crippen LogP contribution < -0.4 is 5.32 Å². The van der Waals surface area contributed by atoms with Crippen LogP contribution in [0.25, 0.3) is 0 Å². The number of benzene rings is 2. The number of halogens is 5. The maximum Gasteiger partial charge on any atom is 0.436 e. The summed E-state index contributed by atoms with van der Waals surface area (Å²) in [7, 11) is 0. The standard InChI is InChI=1S/C17H12Cl2F3N3/c18-13-8-6-12(7-9-13)16(17(20,21)22,25-11-14(19)10-23-25)24-15-4-2-1-3-5-15/h1-11,24H. The Labute approximate surface area is 152 Å². The van der Waals surface area contributed by atoms with Crippen molar-refractivity contribution in [1.82, 2.24) is 9.78 Å². The second-order valence-corrected chi connectivity index (χ2v) is 6.18. The highest BCUT2D eigenvalue weighted by molar-refractivity contribution is 6.30. The van der Waals surface area contributed by atoms with E-state index in [1.807, 2.05) is 0 Å². The molecule has 0 radical (unpaired) electrons. The van der Waals surface area contributed by atoms with Crippen molar-refractivity contribution in [3.05, 3.63) is 82.6 Å². The van der Waals surface area contributed by atoms with E-state index in [-0.39, 0.29) is 16.3 Å². The second-order valence-electron chi connectivity index (χ2n) is 5.31. The zero-order valence-corrected chi connectivity index (χ0v) is 14.1. The maximum atomic E-state index is 14.3. The molecule has 3 rings (SSSR count). The summed E-state index contributed by atoms with van der Waals surface area (Å²) < 4.78 is 43.8. The zero-order valence-electron chi connectivity index (χ0n) is 12.6. The van der Waals surface area contributed by atoms with Crippen molar-refractivity contribution in [3.8, 4) is 0 Å². The quantitative estimate of drug-likeness (QED) is 0.636. The fourth-order valence-corrected chi connectivity index (χ4v) is 2.79. The molecule has 130 valence electrons. The number of hydrogen-bond donors (Lipinski definition) is 1. The molecule has 0 aliphatic carbocycles. The van der Waals surface area contributed by atoms with Crippen LogP contribution in [0.15, 0.2) is 67.0 Å². The smallest absolute Gasteiger partial charge is 0.350 e. The number of rotatable bonds is 4. The van der Waals surface area contributed by atoms with Gasteiger partial charge in [0.15, 0.2) is 0 Å². The molecule has 0 bridgehead atoms. The number of anilines is 1. The summed E-state index contributed by atoms with van der Waals surface area (Å²) in [5, 5.41) is 6.82. The molecule has 0 spiro atoms. The Bertz CT molecular complexity index is 848. The van der Waals surface area contributed by atoms with E-state index in [9.17, 15) is 13.2 Å². The summed E-state index contributed by atoms with van der Waals surface area (Å²) in [6, 6.07) is 13.5. The molecule has 1 aromatic heterocycles. The van der Waals surface area contributed by atoms with Gasteiger partial charge in [0.2, 0.25) is 0 Å². The average molecular weight is 386 g/mol. The molecule has 2 aromatic carbocycles. The summed E-state index contributed by atoms with van der Waals surface area (Å²) in [6.07, 6.45) is -2.45. The molecule has 0 saturated heterocycles. The molecule has 0 fully saturated rings. The fourth-order valence-electron chi connectivity index (χ4n) is 2.53. The van der Waals surface area contributed by atoms with E-state index >= 15 is 0 Å². The largest absolute Gasteiger partial charge is 0.436 e. The minimum atomic E-state index is -4.73. The van der Waals surface area contributed by atoms with Crippen molar-refractivity contribution < 1.29 is 13.2 Å². The molecule has 0 aliphatic rings. The van der Waals surface area contributed by atoms with Crippen LogP contribution >= 0.6 is 23.2 Å². The van der Waals surface area contributed by atoms with Gasteiger partial charge in [-0.25, -0.2) is 4.68 Å². The first-order valence-corrected chi connectivity index (χ1v) is 7.95. The van der Waals surface area contributed by atoms with Crippen molar-refractivity contribution >= 4 is 28.9 Å². The Morgan fingerprint density at radius 3 is 2.04 bits per heavy atom. The summed E-state index contributed by atoms with van der Waals surface area (Å²) in [5.74, 6) is 0. The number of nitrogens with zero attached hydrogens (tertiary/aromatic N) is 2. The molecular formula is C17H12Cl2F3N3. The molecular weight excluding hydrogens is 374 g/mol. The first-order valence-electron chi connectivity index (χ1n) is 7.19. The molecule has 1 atom stereocenters. The predicted octanol–water partition coefficient (Wildman–Crippen LogP) is 5.57. The lowest BCUT2D eigenvalue weighted by molar-refractivity contribution is -0.193. The molecule has 0 saturated carbocycles. The van der Waals surface area contributed by atoms with E-state index in [4.69, 9.17) is 23.2 Å². The van der Waals surface area contributed by atoms with Gasteiger partial charge < -0.3 is 5.32 Å². The Morgan fingerprint density at radius 2 is 1.52 bits per heavy atom. The number of nitrogens with one attached hydrogen (secondary N) is 1. The first kappa shape index (κ1) is 17.6. The molecule has 3 aromatic rings. The van der Waals surface area contributed by atoms with Gasteiger partial charge in [-0.3, -0.25) is 0 Å². The summed E-state index contributed by atoms with van der Waals surface area (Å²) >= 11 is 11.7. The highest BCUT2D eigenvalue weighted by atomic mass is 35.5. The molecule has 0 amide bonds. The average Bonchev–Trinajstić information content (AvgIpc) is 3.00. The number of hydrogen-bond acceptors (Lipinski definition) is 2. The van der Waals surface area contributed by atoms with Crippen LogP contribution in [0.2, 0.25) is 10.0 Å². The Balaban J connectivity index is 2.25. The Kier molecular flexibility index (Phi) is 4.67. The molecule has 25 heavy (non-hydrogen) atoms. The zero-order chi connectivity index (χ0) is 18.1. The SMILES string of the molecule is FC(F)(F)C(Nc1ccccc1)(c1ccc(Cl)cc1)n1cc(Cl)cn1. The van der Waals surface area contributed by atoms with Gasteiger partial charge in [0.1, 0.15) is 0 Å². The van der Waals surface area contributed by atoms with E-state index in [0.29, 0.717) is 5.02 Å². The number of para-hydroxylation sites is 1. The van der Waals surface area contributed by atoms with Crippen LogP contribution in [0, 0.1) is 0 Å². The highest BCUT2D eigenvalue weighted by Crippen LogP contribution is 2.43. The van der Waals surface area contributed by atoms with E-state index in [1.165, 1.54) is 24.3 Å². The van der Waals surface area contributed by atoms with E-state index in [0.717, 1.165) is 17.1 Å². The third-order valence-electron chi connectivity index (χ3n) is 3.67. The van der Waals surface area contributed by atoms with Gasteiger partial charge in [-0.2, -0.15) is 18.3 Å². The van der Waals surface area contributed by atoms with Gasteiger partial charge in [0, 0.05) is 22.5 Å². The highest BCUT2D eigenvalue weighted by Gasteiger charge is 2.59. The maximum absolute atomic E-state index is 14.3. The van der Waals surface area contributed by atoms with Gasteiger partial charge in [-0.1, -0.05) is 53.5 Å². The topological polar surface area (TPSA) is 29.9 Å². The molecule has 1 N–H and O–H groups in total. The van der Waals surface area contributed by atoms with Crippen molar-refractivity contribution in [2.75, 3.05) is 5.32 Å². The molecule has 1 heterocycles. The first-order chi connectivity index (χ1) is 11.8.